The Morgan fingerprint density at radius 3 is 2.06 bits per heavy atom. The maximum Gasteiger partial charge on any atom is 0.416 e. The highest BCUT2D eigenvalue weighted by Crippen LogP contribution is 2.34. The van der Waals surface area contributed by atoms with Crippen molar-refractivity contribution in [2.45, 2.75) is 30.7 Å². The minimum Gasteiger partial charge on any atom is -0.490 e. The molecule has 2 heterocycles. The number of aliphatic hydroxyl groups is 1. The lowest BCUT2D eigenvalue weighted by molar-refractivity contribution is -0.137. The molecule has 1 N–H and O–H groups in total. The summed E-state index contributed by atoms with van der Waals surface area (Å²) in [4.78, 5) is 14.4. The van der Waals surface area contributed by atoms with Crippen LogP contribution >= 0.6 is 0 Å². The molecular weight excluding hydrogens is 447 g/mol. The van der Waals surface area contributed by atoms with Gasteiger partial charge in [-0.3, -0.25) is 4.79 Å². The van der Waals surface area contributed by atoms with Gasteiger partial charge in [0.1, 0.15) is 17.5 Å². The Labute approximate surface area is 183 Å². The van der Waals surface area contributed by atoms with Crippen LogP contribution in [0.3, 0.4) is 0 Å². The fourth-order valence-electron chi connectivity index (χ4n) is 4.05. The van der Waals surface area contributed by atoms with Gasteiger partial charge >= 0.3 is 6.18 Å². The van der Waals surface area contributed by atoms with Crippen molar-refractivity contribution in [3.05, 3.63) is 65.2 Å². The van der Waals surface area contributed by atoms with E-state index in [0.717, 1.165) is 12.1 Å². The highest BCUT2D eigenvalue weighted by Gasteiger charge is 2.48. The normalized spacial score (nSPS) is 20.4. The smallest absolute Gasteiger partial charge is 0.416 e. The van der Waals surface area contributed by atoms with E-state index < -0.39 is 27.2 Å². The van der Waals surface area contributed by atoms with E-state index in [9.17, 15) is 31.5 Å². The summed E-state index contributed by atoms with van der Waals surface area (Å²) in [7, 11) is -3.20. The molecule has 32 heavy (non-hydrogen) atoms. The molecule has 0 unspecified atom stereocenters. The van der Waals surface area contributed by atoms with Gasteiger partial charge in [0.25, 0.3) is 5.91 Å². The van der Waals surface area contributed by atoms with Gasteiger partial charge in [-0.25, -0.2) is 8.42 Å². The van der Waals surface area contributed by atoms with Crippen LogP contribution in [-0.2, 0) is 21.6 Å². The highest BCUT2D eigenvalue weighted by molar-refractivity contribution is 7.92. The fraction of sp³-hybridized carbons (Fsp3) is 0.409. The largest absolute Gasteiger partial charge is 0.490 e. The number of hydrogen-bond acceptors (Lipinski definition) is 5. The molecule has 0 bridgehead atoms. The number of nitrogens with zero attached hydrogens (tertiary/aromatic N) is 1. The number of rotatable bonds is 4. The standard InChI is InChI=1S/C22H22F3NO5S/c23-22(24,25)17-5-7-18(8-6-17)31-19-9-11-26(12-10-19)20(27)15-1-3-16(4-2-15)21(28)13-32(29,30)14-21/h1-8,19,28H,9-14H2. The minimum absolute atomic E-state index is 0.183. The Kier molecular flexibility index (Phi) is 5.70. The molecular formula is C22H22F3NO5S. The number of sulfone groups is 1. The van der Waals surface area contributed by atoms with Gasteiger partial charge in [-0.05, 0) is 42.0 Å². The van der Waals surface area contributed by atoms with Gasteiger partial charge in [0.05, 0.1) is 17.1 Å². The number of carbonyl (C=O) groups excluding carboxylic acids is 1. The zero-order valence-corrected chi connectivity index (χ0v) is 17.8. The molecule has 0 atom stereocenters. The van der Waals surface area contributed by atoms with Crippen molar-refractivity contribution in [3.8, 4) is 5.75 Å². The first-order valence-corrected chi connectivity index (χ1v) is 11.9. The molecule has 2 aliphatic rings. The van der Waals surface area contributed by atoms with Gasteiger partial charge in [-0.15, -0.1) is 0 Å². The third-order valence-corrected chi connectivity index (χ3v) is 7.63. The maximum absolute atomic E-state index is 12.8. The maximum atomic E-state index is 12.8. The Balaban J connectivity index is 1.31. The molecule has 10 heteroatoms. The van der Waals surface area contributed by atoms with Gasteiger partial charge < -0.3 is 14.7 Å². The number of alkyl halides is 3. The van der Waals surface area contributed by atoms with E-state index >= 15 is 0 Å². The molecule has 0 spiro atoms. The van der Waals surface area contributed by atoms with Crippen LogP contribution in [0.4, 0.5) is 13.2 Å². The van der Waals surface area contributed by atoms with E-state index in [0.29, 0.717) is 42.8 Å². The summed E-state index contributed by atoms with van der Waals surface area (Å²) in [5.41, 5.74) is -1.23. The quantitative estimate of drug-likeness (QED) is 0.745. The van der Waals surface area contributed by atoms with E-state index in [-0.39, 0.29) is 23.5 Å². The molecule has 2 aromatic rings. The van der Waals surface area contributed by atoms with E-state index in [2.05, 4.69) is 0 Å². The highest BCUT2D eigenvalue weighted by atomic mass is 32.2. The lowest BCUT2D eigenvalue weighted by Crippen LogP contribution is -2.52. The number of piperidine rings is 1. The predicted molar refractivity (Wildman–Crippen MR) is 110 cm³/mol. The van der Waals surface area contributed by atoms with Crippen LogP contribution in [-0.4, -0.2) is 55.0 Å². The minimum atomic E-state index is -4.39. The number of carbonyl (C=O) groups is 1. The first-order chi connectivity index (χ1) is 15.0. The van der Waals surface area contributed by atoms with Gasteiger partial charge in [0.2, 0.25) is 0 Å². The second-order valence-electron chi connectivity index (χ2n) is 8.27. The van der Waals surface area contributed by atoms with Crippen molar-refractivity contribution in [2.24, 2.45) is 0 Å². The average Bonchev–Trinajstić information content (AvgIpc) is 2.72. The van der Waals surface area contributed by atoms with Crippen LogP contribution in [0.15, 0.2) is 48.5 Å². The Morgan fingerprint density at radius 2 is 1.56 bits per heavy atom. The van der Waals surface area contributed by atoms with E-state index in [1.807, 2.05) is 0 Å². The zero-order valence-electron chi connectivity index (χ0n) is 17.0. The number of halogens is 3. The first kappa shape index (κ1) is 22.6. The topological polar surface area (TPSA) is 83.9 Å². The Hall–Kier alpha value is -2.59. The molecule has 172 valence electrons. The first-order valence-electron chi connectivity index (χ1n) is 10.1. The SMILES string of the molecule is O=C(c1ccc(C2(O)CS(=O)(=O)C2)cc1)N1CCC(Oc2ccc(C(F)(F)F)cc2)CC1. The molecule has 0 aliphatic carbocycles. The van der Waals surface area contributed by atoms with Crippen LogP contribution in [0.5, 0.6) is 5.75 Å². The second-order valence-corrected chi connectivity index (χ2v) is 10.3. The lowest BCUT2D eigenvalue weighted by atomic mass is 9.95. The second kappa shape index (κ2) is 8.08. The number of likely N-dealkylation sites (tertiary alicyclic amines) is 1. The predicted octanol–water partition coefficient (Wildman–Crippen LogP) is 3.01. The van der Waals surface area contributed by atoms with Gasteiger partial charge in [0, 0.05) is 31.5 Å². The fourth-order valence-corrected chi connectivity index (χ4v) is 5.75. The summed E-state index contributed by atoms with van der Waals surface area (Å²) >= 11 is 0. The van der Waals surface area contributed by atoms with Crippen molar-refractivity contribution in [1.29, 1.82) is 0 Å². The molecule has 6 nitrogen and oxygen atoms in total. The molecule has 2 aliphatic heterocycles. The summed E-state index contributed by atoms with van der Waals surface area (Å²) in [6.45, 7) is 0.877. The molecule has 0 aromatic heterocycles. The molecule has 2 saturated heterocycles. The number of benzene rings is 2. The number of hydrogen-bond donors (Lipinski definition) is 1. The molecule has 0 radical (unpaired) electrons. The van der Waals surface area contributed by atoms with Crippen molar-refractivity contribution in [1.82, 2.24) is 4.90 Å². The van der Waals surface area contributed by atoms with Crippen molar-refractivity contribution < 1.29 is 36.2 Å². The summed E-state index contributed by atoms with van der Waals surface area (Å²) in [5, 5.41) is 10.4. The third-order valence-electron chi connectivity index (χ3n) is 5.80. The summed E-state index contributed by atoms with van der Waals surface area (Å²) < 4.78 is 66.5. The van der Waals surface area contributed by atoms with Crippen LogP contribution < -0.4 is 4.74 Å². The van der Waals surface area contributed by atoms with Crippen LogP contribution in [0.1, 0.15) is 34.3 Å². The average molecular weight is 469 g/mol. The molecule has 2 aromatic carbocycles. The van der Waals surface area contributed by atoms with E-state index in [1.54, 1.807) is 29.2 Å². The Morgan fingerprint density at radius 1 is 1.00 bits per heavy atom. The number of ether oxygens (including phenoxy) is 1. The van der Waals surface area contributed by atoms with E-state index in [1.165, 1.54) is 12.1 Å². The van der Waals surface area contributed by atoms with Gasteiger partial charge in [-0.1, -0.05) is 12.1 Å². The van der Waals surface area contributed by atoms with Gasteiger partial charge in [0.15, 0.2) is 9.84 Å². The van der Waals surface area contributed by atoms with E-state index in [4.69, 9.17) is 4.74 Å². The van der Waals surface area contributed by atoms with Crippen LogP contribution in [0, 0.1) is 0 Å². The van der Waals surface area contributed by atoms with Crippen molar-refractivity contribution >= 4 is 15.7 Å². The third kappa shape index (κ3) is 4.75. The molecule has 1 amide bonds. The molecule has 2 fully saturated rings. The van der Waals surface area contributed by atoms with Crippen molar-refractivity contribution in [2.75, 3.05) is 24.6 Å². The van der Waals surface area contributed by atoms with Gasteiger partial charge in [-0.2, -0.15) is 13.2 Å². The number of amides is 1. The Bertz CT molecular complexity index is 1080. The lowest BCUT2D eigenvalue weighted by Gasteiger charge is -2.36. The monoisotopic (exact) mass is 469 g/mol. The summed E-state index contributed by atoms with van der Waals surface area (Å²) in [5.74, 6) is -0.466. The summed E-state index contributed by atoms with van der Waals surface area (Å²) in [6, 6.07) is 10.8. The van der Waals surface area contributed by atoms with Crippen molar-refractivity contribution in [3.63, 3.8) is 0 Å². The van der Waals surface area contributed by atoms with Crippen LogP contribution in [0.25, 0.3) is 0 Å². The molecule has 4 rings (SSSR count). The molecule has 0 saturated carbocycles. The zero-order chi connectivity index (χ0) is 23.1. The van der Waals surface area contributed by atoms with Crippen LogP contribution in [0.2, 0.25) is 0 Å². The summed E-state index contributed by atoms with van der Waals surface area (Å²) in [6.07, 6.45) is -3.51.